The molecule has 1 aliphatic carbocycles. The fourth-order valence-electron chi connectivity index (χ4n) is 3.46. The quantitative estimate of drug-likeness (QED) is 0.849. The second-order valence-electron chi connectivity index (χ2n) is 6.79. The summed E-state index contributed by atoms with van der Waals surface area (Å²) in [5.41, 5.74) is 0.268. The van der Waals surface area contributed by atoms with Crippen LogP contribution in [-0.2, 0) is 20.0 Å². The van der Waals surface area contributed by atoms with Gasteiger partial charge in [0.05, 0.1) is 10.7 Å². The summed E-state index contributed by atoms with van der Waals surface area (Å²) < 4.78 is 36.9. The third kappa shape index (κ3) is 3.27. The van der Waals surface area contributed by atoms with Gasteiger partial charge in [0, 0.05) is 19.3 Å². The fraction of sp³-hybridized carbons (Fsp3) is 0.588. The number of halogens is 1. The molecule has 1 saturated heterocycles. The molecule has 0 bridgehead atoms. The topological polar surface area (TPSA) is 54.5 Å². The van der Waals surface area contributed by atoms with Crippen LogP contribution >= 0.6 is 0 Å². The number of hydrogen-bond donors (Lipinski definition) is 0. The van der Waals surface area contributed by atoms with Crippen LogP contribution in [0.15, 0.2) is 24.3 Å². The molecule has 0 N–H and O–H groups in total. The van der Waals surface area contributed by atoms with E-state index in [2.05, 4.69) is 0 Å². The van der Waals surface area contributed by atoms with Crippen molar-refractivity contribution in [1.82, 2.24) is 4.90 Å². The van der Waals surface area contributed by atoms with Gasteiger partial charge in [-0.1, -0.05) is 18.6 Å². The number of benzene rings is 1. The number of rotatable bonds is 3. The van der Waals surface area contributed by atoms with Crippen LogP contribution in [-0.4, -0.2) is 43.8 Å². The molecule has 0 spiro atoms. The minimum atomic E-state index is -3.15. The molecule has 0 aromatic heterocycles. The van der Waals surface area contributed by atoms with Crippen LogP contribution in [0, 0.1) is 5.82 Å². The number of likely N-dealkylation sites (tertiary alicyclic amines) is 1. The summed E-state index contributed by atoms with van der Waals surface area (Å²) in [6.45, 7) is 0.883. The maximum Gasteiger partial charge on any atom is 0.233 e. The highest BCUT2D eigenvalue weighted by Gasteiger charge is 2.53. The molecular formula is C17H22FNO3S. The lowest BCUT2D eigenvalue weighted by Gasteiger charge is -2.28. The van der Waals surface area contributed by atoms with Crippen LogP contribution in [0.4, 0.5) is 4.39 Å². The number of sulfone groups is 1. The summed E-state index contributed by atoms with van der Waals surface area (Å²) in [7, 11) is -3.15. The molecule has 1 aromatic carbocycles. The van der Waals surface area contributed by atoms with Crippen molar-refractivity contribution in [2.24, 2.45) is 0 Å². The average Bonchev–Trinajstić information content (AvgIpc) is 3.31. The summed E-state index contributed by atoms with van der Waals surface area (Å²) in [6.07, 6.45) is 5.02. The lowest BCUT2D eigenvalue weighted by Crippen LogP contribution is -2.44. The molecule has 3 rings (SSSR count). The van der Waals surface area contributed by atoms with E-state index in [1.807, 2.05) is 0 Å². The van der Waals surface area contributed by atoms with Gasteiger partial charge >= 0.3 is 0 Å². The Bertz CT molecular complexity index is 695. The van der Waals surface area contributed by atoms with Crippen molar-refractivity contribution in [3.05, 3.63) is 35.6 Å². The summed E-state index contributed by atoms with van der Waals surface area (Å²) >= 11 is 0. The van der Waals surface area contributed by atoms with Crippen LogP contribution in [0.1, 0.15) is 37.7 Å². The first-order chi connectivity index (χ1) is 10.8. The van der Waals surface area contributed by atoms with Crippen LogP contribution in [0.2, 0.25) is 0 Å². The zero-order valence-corrected chi connectivity index (χ0v) is 14.1. The van der Waals surface area contributed by atoms with Crippen molar-refractivity contribution < 1.29 is 17.6 Å². The highest BCUT2D eigenvalue weighted by molar-refractivity contribution is 7.91. The lowest BCUT2D eigenvalue weighted by molar-refractivity contribution is -0.133. The highest BCUT2D eigenvalue weighted by atomic mass is 32.2. The molecule has 1 aromatic rings. The zero-order chi connectivity index (χ0) is 16.7. The predicted octanol–water partition coefficient (Wildman–Crippen LogP) is 2.28. The van der Waals surface area contributed by atoms with Gasteiger partial charge in [0.1, 0.15) is 5.82 Å². The van der Waals surface area contributed by atoms with Crippen LogP contribution in [0.3, 0.4) is 0 Å². The van der Waals surface area contributed by atoms with E-state index in [1.54, 1.807) is 17.0 Å². The van der Waals surface area contributed by atoms with E-state index in [0.29, 0.717) is 13.0 Å². The molecule has 126 valence electrons. The lowest BCUT2D eigenvalue weighted by atomic mass is 9.94. The SMILES string of the molecule is CS(=O)(=O)[C@H]1CCCCN(C(=O)C2(c3ccc(F)cc3)CC2)C1. The summed E-state index contributed by atoms with van der Waals surface area (Å²) in [5, 5.41) is -0.474. The van der Waals surface area contributed by atoms with Gasteiger partial charge in [0.2, 0.25) is 5.91 Å². The molecular weight excluding hydrogens is 317 g/mol. The maximum atomic E-state index is 13.1. The molecule has 0 radical (unpaired) electrons. The molecule has 1 aliphatic heterocycles. The molecule has 4 nitrogen and oxygen atoms in total. The predicted molar refractivity (Wildman–Crippen MR) is 86.4 cm³/mol. The number of carbonyl (C=O) groups is 1. The summed E-state index contributed by atoms with van der Waals surface area (Å²) in [5.74, 6) is -0.316. The number of nitrogens with zero attached hydrogens (tertiary/aromatic N) is 1. The van der Waals surface area contributed by atoms with E-state index in [0.717, 1.165) is 31.2 Å². The van der Waals surface area contributed by atoms with Crippen molar-refractivity contribution in [2.75, 3.05) is 19.3 Å². The molecule has 2 fully saturated rings. The van der Waals surface area contributed by atoms with E-state index in [4.69, 9.17) is 0 Å². The van der Waals surface area contributed by atoms with Crippen molar-refractivity contribution in [1.29, 1.82) is 0 Å². The maximum absolute atomic E-state index is 13.1. The largest absolute Gasteiger partial charge is 0.341 e. The van der Waals surface area contributed by atoms with Gasteiger partial charge in [0.15, 0.2) is 9.84 Å². The highest BCUT2D eigenvalue weighted by Crippen LogP contribution is 2.49. The second-order valence-corrected chi connectivity index (χ2v) is 9.11. The standard InChI is InChI=1S/C17H22FNO3S/c1-23(21,22)15-4-2-3-11-19(12-15)16(20)17(9-10-17)13-5-7-14(18)8-6-13/h5-8,15H,2-4,9-12H2,1H3/t15-/m0/s1. The molecule has 1 atom stereocenters. The number of hydrogen-bond acceptors (Lipinski definition) is 3. The molecule has 23 heavy (non-hydrogen) atoms. The molecule has 2 aliphatic rings. The molecule has 0 unspecified atom stereocenters. The van der Waals surface area contributed by atoms with E-state index in [9.17, 15) is 17.6 Å². The Hall–Kier alpha value is -1.43. The monoisotopic (exact) mass is 339 g/mol. The van der Waals surface area contributed by atoms with Gasteiger partial charge in [-0.3, -0.25) is 4.79 Å². The summed E-state index contributed by atoms with van der Waals surface area (Å²) in [4.78, 5) is 14.7. The molecule has 1 heterocycles. The van der Waals surface area contributed by atoms with E-state index in [1.165, 1.54) is 18.4 Å². The molecule has 6 heteroatoms. The van der Waals surface area contributed by atoms with Gasteiger partial charge in [-0.05, 0) is 43.4 Å². The zero-order valence-electron chi connectivity index (χ0n) is 13.3. The van der Waals surface area contributed by atoms with Crippen LogP contribution in [0.5, 0.6) is 0 Å². The third-order valence-electron chi connectivity index (χ3n) is 5.08. The van der Waals surface area contributed by atoms with Crippen LogP contribution < -0.4 is 0 Å². The fourth-order valence-corrected chi connectivity index (χ4v) is 4.51. The number of amides is 1. The van der Waals surface area contributed by atoms with Crippen molar-refractivity contribution in [3.63, 3.8) is 0 Å². The minimum Gasteiger partial charge on any atom is -0.341 e. The van der Waals surface area contributed by atoms with Crippen LogP contribution in [0.25, 0.3) is 0 Å². The van der Waals surface area contributed by atoms with Gasteiger partial charge in [-0.15, -0.1) is 0 Å². The smallest absolute Gasteiger partial charge is 0.233 e. The number of carbonyl (C=O) groups excluding carboxylic acids is 1. The van der Waals surface area contributed by atoms with Crippen molar-refractivity contribution in [2.45, 2.75) is 42.8 Å². The first kappa shape index (κ1) is 16.4. The van der Waals surface area contributed by atoms with E-state index >= 15 is 0 Å². The van der Waals surface area contributed by atoms with Gasteiger partial charge in [-0.25, -0.2) is 12.8 Å². The second kappa shape index (κ2) is 5.89. The van der Waals surface area contributed by atoms with E-state index in [-0.39, 0.29) is 18.3 Å². The first-order valence-electron chi connectivity index (χ1n) is 8.07. The summed E-state index contributed by atoms with van der Waals surface area (Å²) in [6, 6.07) is 6.10. The average molecular weight is 339 g/mol. The Morgan fingerprint density at radius 3 is 2.43 bits per heavy atom. The molecule has 1 amide bonds. The van der Waals surface area contributed by atoms with Gasteiger partial charge < -0.3 is 4.90 Å². The van der Waals surface area contributed by atoms with Crippen molar-refractivity contribution in [3.8, 4) is 0 Å². The van der Waals surface area contributed by atoms with Gasteiger partial charge in [-0.2, -0.15) is 0 Å². The Kier molecular flexibility index (Phi) is 4.21. The Morgan fingerprint density at radius 2 is 1.87 bits per heavy atom. The Balaban J connectivity index is 1.82. The first-order valence-corrected chi connectivity index (χ1v) is 10.0. The third-order valence-corrected chi connectivity index (χ3v) is 6.67. The van der Waals surface area contributed by atoms with E-state index < -0.39 is 20.5 Å². The Morgan fingerprint density at radius 1 is 1.22 bits per heavy atom. The van der Waals surface area contributed by atoms with Gasteiger partial charge in [0.25, 0.3) is 0 Å². The Labute approximate surface area is 136 Å². The van der Waals surface area contributed by atoms with Crippen molar-refractivity contribution >= 4 is 15.7 Å². The molecule has 1 saturated carbocycles. The minimum absolute atomic E-state index is 0.000317. The normalized spacial score (nSPS) is 24.1.